The van der Waals surface area contributed by atoms with Gasteiger partial charge in [-0.1, -0.05) is 42.5 Å². The number of thiophene rings is 1. The molecule has 0 aliphatic carbocycles. The Morgan fingerprint density at radius 2 is 1.78 bits per heavy atom. The van der Waals surface area contributed by atoms with E-state index in [-0.39, 0.29) is 5.82 Å². The minimum Gasteiger partial charge on any atom is -0.245 e. The van der Waals surface area contributed by atoms with E-state index in [0.29, 0.717) is 11.1 Å². The zero-order valence-electron chi connectivity index (χ0n) is 12.6. The van der Waals surface area contributed by atoms with Gasteiger partial charge in [-0.05, 0) is 36.1 Å². The van der Waals surface area contributed by atoms with Crippen LogP contribution in [0.1, 0.15) is 5.56 Å². The number of benzene rings is 2. The molecule has 112 valence electrons. The maximum Gasteiger partial charge on any atom is 0.158 e. The molecule has 0 aliphatic heterocycles. The van der Waals surface area contributed by atoms with Crippen LogP contribution in [0.25, 0.3) is 32.6 Å². The Kier molecular flexibility index (Phi) is 3.43. The summed E-state index contributed by atoms with van der Waals surface area (Å²) in [4.78, 5) is 5.53. The molecular weight excluding hydrogens is 305 g/mol. The molecule has 0 spiro atoms. The zero-order chi connectivity index (χ0) is 15.8. The van der Waals surface area contributed by atoms with Crippen LogP contribution < -0.4 is 0 Å². The van der Waals surface area contributed by atoms with E-state index in [2.05, 4.69) is 4.98 Å². The lowest BCUT2D eigenvalue weighted by Crippen LogP contribution is -1.93. The lowest BCUT2D eigenvalue weighted by molar-refractivity contribution is 0.640. The van der Waals surface area contributed by atoms with Gasteiger partial charge in [-0.3, -0.25) is 0 Å². The van der Waals surface area contributed by atoms with Crippen LogP contribution in [-0.2, 0) is 0 Å². The van der Waals surface area contributed by atoms with Crippen molar-refractivity contribution >= 4 is 22.2 Å². The van der Waals surface area contributed by atoms with Crippen LogP contribution >= 0.6 is 11.3 Å². The molecule has 0 amide bonds. The Morgan fingerprint density at radius 3 is 2.52 bits per heavy atom. The van der Waals surface area contributed by atoms with Gasteiger partial charge in [0.05, 0.1) is 5.69 Å². The van der Waals surface area contributed by atoms with E-state index in [1.54, 1.807) is 0 Å². The molecule has 1 nitrogen and oxygen atoms in total. The van der Waals surface area contributed by atoms with E-state index in [1.165, 1.54) is 11.3 Å². The molecule has 2 aromatic heterocycles. The number of aromatic nitrogens is 1. The third kappa shape index (κ3) is 2.43. The average Bonchev–Trinajstić information content (AvgIpc) is 3.11. The molecule has 0 bridgehead atoms. The Balaban J connectivity index is 1.99. The van der Waals surface area contributed by atoms with Gasteiger partial charge >= 0.3 is 0 Å². The quantitative estimate of drug-likeness (QED) is 0.436. The van der Waals surface area contributed by atoms with Gasteiger partial charge in [0, 0.05) is 21.4 Å². The normalized spacial score (nSPS) is 11.0. The fraction of sp³-hybridized carbons (Fsp3) is 0.0500. The topological polar surface area (TPSA) is 12.9 Å². The van der Waals surface area contributed by atoms with Crippen LogP contribution in [0.4, 0.5) is 4.39 Å². The molecule has 0 atom stereocenters. The molecule has 3 heteroatoms. The summed E-state index contributed by atoms with van der Waals surface area (Å²) in [5.74, 6) is -0.245. The van der Waals surface area contributed by atoms with E-state index < -0.39 is 0 Å². The van der Waals surface area contributed by atoms with Gasteiger partial charge in [0.2, 0.25) is 0 Å². The number of nitrogens with zero attached hydrogens (tertiary/aromatic N) is 1. The highest BCUT2D eigenvalue weighted by Gasteiger charge is 2.14. The first-order chi connectivity index (χ1) is 11.2. The van der Waals surface area contributed by atoms with Gasteiger partial charge in [0.25, 0.3) is 0 Å². The molecule has 0 radical (unpaired) electrons. The van der Waals surface area contributed by atoms with Gasteiger partial charge in [-0.25, -0.2) is 9.37 Å². The minimum atomic E-state index is -0.245. The molecule has 2 heterocycles. The molecule has 0 N–H and O–H groups in total. The molecule has 4 aromatic rings. The zero-order valence-corrected chi connectivity index (χ0v) is 13.4. The summed E-state index contributed by atoms with van der Waals surface area (Å²) in [6.45, 7) is 2.00. The summed E-state index contributed by atoms with van der Waals surface area (Å²) in [7, 11) is 0. The van der Waals surface area contributed by atoms with Crippen molar-refractivity contribution in [1.82, 2.24) is 4.98 Å². The Morgan fingerprint density at radius 1 is 0.957 bits per heavy atom. The van der Waals surface area contributed by atoms with Gasteiger partial charge in [0.1, 0.15) is 5.52 Å². The summed E-state index contributed by atoms with van der Waals surface area (Å²) in [5.41, 5.74) is 3.89. The summed E-state index contributed by atoms with van der Waals surface area (Å²) < 4.78 is 15.1. The van der Waals surface area contributed by atoms with E-state index >= 15 is 4.39 Å². The second-order valence-electron chi connectivity index (χ2n) is 5.49. The molecule has 4 rings (SSSR count). The fourth-order valence-electron chi connectivity index (χ4n) is 2.81. The van der Waals surface area contributed by atoms with Crippen molar-refractivity contribution < 1.29 is 4.39 Å². The highest BCUT2D eigenvalue weighted by Crippen LogP contribution is 2.33. The van der Waals surface area contributed by atoms with Gasteiger partial charge in [0.15, 0.2) is 5.82 Å². The van der Waals surface area contributed by atoms with E-state index in [4.69, 9.17) is 0 Å². The van der Waals surface area contributed by atoms with Gasteiger partial charge in [-0.2, -0.15) is 0 Å². The molecular formula is C20H14FNS. The van der Waals surface area contributed by atoms with Gasteiger partial charge < -0.3 is 0 Å². The van der Waals surface area contributed by atoms with Crippen molar-refractivity contribution in [2.45, 2.75) is 6.92 Å². The monoisotopic (exact) mass is 319 g/mol. The predicted octanol–water partition coefficient (Wildman–Crippen LogP) is 6.08. The number of hydrogen-bond donors (Lipinski definition) is 0. The summed E-state index contributed by atoms with van der Waals surface area (Å²) >= 11 is 1.54. The van der Waals surface area contributed by atoms with Crippen molar-refractivity contribution in [2.24, 2.45) is 0 Å². The molecule has 0 fully saturated rings. The van der Waals surface area contributed by atoms with E-state index in [9.17, 15) is 0 Å². The second-order valence-corrected chi connectivity index (χ2v) is 6.44. The number of pyridine rings is 1. The largest absolute Gasteiger partial charge is 0.245 e. The Bertz CT molecular complexity index is 976. The molecule has 23 heavy (non-hydrogen) atoms. The molecule has 0 unspecified atom stereocenters. The number of fused-ring (bicyclic) bond motifs is 1. The molecule has 2 aromatic carbocycles. The van der Waals surface area contributed by atoms with Crippen LogP contribution in [0.3, 0.4) is 0 Å². The van der Waals surface area contributed by atoms with E-state index in [0.717, 1.165) is 27.1 Å². The fourth-order valence-corrected chi connectivity index (χ4v) is 3.55. The summed E-state index contributed by atoms with van der Waals surface area (Å²) in [6, 6.07) is 19.6. The number of hydrogen-bond acceptors (Lipinski definition) is 2. The average molecular weight is 319 g/mol. The number of halogens is 1. The molecule has 0 saturated carbocycles. The molecule has 0 saturated heterocycles. The third-order valence-corrected chi connectivity index (χ3v) is 4.89. The van der Waals surface area contributed by atoms with Crippen molar-refractivity contribution in [2.75, 3.05) is 0 Å². The third-order valence-electron chi connectivity index (χ3n) is 3.98. The highest BCUT2D eigenvalue weighted by molar-refractivity contribution is 7.13. The van der Waals surface area contributed by atoms with Crippen LogP contribution in [0, 0.1) is 12.7 Å². The van der Waals surface area contributed by atoms with Crippen LogP contribution in [0.15, 0.2) is 66.0 Å². The molecule has 0 aliphatic rings. The lowest BCUT2D eigenvalue weighted by atomic mass is 10.0. The number of rotatable bonds is 2. The van der Waals surface area contributed by atoms with Crippen LogP contribution in [0.2, 0.25) is 0 Å². The first kappa shape index (κ1) is 14.1. The van der Waals surface area contributed by atoms with Crippen molar-refractivity contribution in [3.63, 3.8) is 0 Å². The highest BCUT2D eigenvalue weighted by atomic mass is 32.1. The maximum atomic E-state index is 15.1. The van der Waals surface area contributed by atoms with Crippen LogP contribution in [0.5, 0.6) is 0 Å². The summed E-state index contributed by atoms with van der Waals surface area (Å²) in [5, 5.41) is 2.82. The van der Waals surface area contributed by atoms with Crippen LogP contribution in [-0.4, -0.2) is 4.98 Å². The van der Waals surface area contributed by atoms with Crippen molar-refractivity contribution in [3.8, 4) is 21.7 Å². The van der Waals surface area contributed by atoms with E-state index in [1.807, 2.05) is 73.0 Å². The smallest absolute Gasteiger partial charge is 0.158 e. The van der Waals surface area contributed by atoms with Crippen molar-refractivity contribution in [1.29, 1.82) is 0 Å². The minimum absolute atomic E-state index is 0.245. The predicted molar refractivity (Wildman–Crippen MR) is 95.2 cm³/mol. The lowest BCUT2D eigenvalue weighted by Gasteiger charge is -2.10. The first-order valence-electron chi connectivity index (χ1n) is 7.43. The summed E-state index contributed by atoms with van der Waals surface area (Å²) in [6.07, 6.45) is 0. The standard InChI is InChI=1S/C20H14FNS/c1-13-12-17(14-6-3-2-4-7-14)22-20-15(13)9-10-16(19(20)21)18-8-5-11-23-18/h2-12H,1H3. The maximum absolute atomic E-state index is 15.1. The van der Waals surface area contributed by atoms with Crippen molar-refractivity contribution in [3.05, 3.63) is 77.4 Å². The Hall–Kier alpha value is -2.52. The van der Waals surface area contributed by atoms with Gasteiger partial charge in [-0.15, -0.1) is 11.3 Å². The first-order valence-corrected chi connectivity index (χ1v) is 8.31. The Labute approximate surface area is 138 Å². The second kappa shape index (κ2) is 5.60. The SMILES string of the molecule is Cc1cc(-c2ccccc2)nc2c(F)c(-c3cccs3)ccc12. The number of aryl methyl sites for hydroxylation is 1.